The van der Waals surface area contributed by atoms with Crippen molar-refractivity contribution < 1.29 is 9.53 Å². The lowest BCUT2D eigenvalue weighted by Gasteiger charge is -2.31. The Balaban J connectivity index is 1.51. The van der Waals surface area contributed by atoms with Crippen LogP contribution in [-0.4, -0.2) is 57.1 Å². The monoisotopic (exact) mass is 358 g/mol. The van der Waals surface area contributed by atoms with Crippen LogP contribution in [0.25, 0.3) is 0 Å². The fraction of sp³-hybridized carbons (Fsp3) is 0.600. The lowest BCUT2D eigenvalue weighted by Crippen LogP contribution is -2.50. The first-order valence-corrected chi connectivity index (χ1v) is 9.45. The molecule has 3 rings (SSSR count). The number of fused-ring (bicyclic) bond motifs is 1. The molecular weight excluding hydrogens is 328 g/mol. The average molecular weight is 358 g/mol. The summed E-state index contributed by atoms with van der Waals surface area (Å²) in [5.41, 5.74) is 0.949. The third-order valence-electron chi connectivity index (χ3n) is 5.45. The van der Waals surface area contributed by atoms with E-state index in [1.165, 1.54) is 5.56 Å². The van der Waals surface area contributed by atoms with Crippen molar-refractivity contribution in [1.29, 1.82) is 0 Å². The van der Waals surface area contributed by atoms with Crippen molar-refractivity contribution in [3.05, 3.63) is 29.8 Å². The van der Waals surface area contributed by atoms with Crippen molar-refractivity contribution >= 4 is 11.9 Å². The first-order valence-electron chi connectivity index (χ1n) is 9.45. The summed E-state index contributed by atoms with van der Waals surface area (Å²) in [5, 5.41) is 6.71. The molecule has 2 N–H and O–H groups in total. The van der Waals surface area contributed by atoms with Gasteiger partial charge in [0.15, 0.2) is 5.96 Å². The van der Waals surface area contributed by atoms with Gasteiger partial charge in [0.05, 0.1) is 12.0 Å². The van der Waals surface area contributed by atoms with Crippen LogP contribution in [0, 0.1) is 5.41 Å². The minimum Gasteiger partial charge on any atom is -0.488 e. The molecule has 1 saturated carbocycles. The molecule has 1 aliphatic heterocycles. The number of rotatable bonds is 5. The van der Waals surface area contributed by atoms with E-state index >= 15 is 0 Å². The normalized spacial score (nSPS) is 21.0. The summed E-state index contributed by atoms with van der Waals surface area (Å²) in [6, 6.07) is 8.16. The zero-order chi connectivity index (χ0) is 18.6. The fourth-order valence-electron chi connectivity index (χ4n) is 4.04. The number of aliphatic imine (C=N–C) groups is 1. The second kappa shape index (κ2) is 7.98. The van der Waals surface area contributed by atoms with Crippen LogP contribution < -0.4 is 15.4 Å². The van der Waals surface area contributed by atoms with Crippen molar-refractivity contribution in [1.82, 2.24) is 15.5 Å². The minimum absolute atomic E-state index is 0.106. The lowest BCUT2D eigenvalue weighted by molar-refractivity contribution is -0.138. The van der Waals surface area contributed by atoms with Gasteiger partial charge in [-0.2, -0.15) is 0 Å². The van der Waals surface area contributed by atoms with Crippen molar-refractivity contribution in [3.63, 3.8) is 0 Å². The van der Waals surface area contributed by atoms with Gasteiger partial charge in [0, 0.05) is 34.1 Å². The molecular formula is C20H30N4O2. The standard InChI is InChI=1S/C20H30N4O2/c1-21-19(22-13-16-12-15-8-4-5-9-17(15)26-16)23-14-20(10-6-7-11-20)18(25)24(2)3/h4-5,8-9,16H,6-7,10-14H2,1-3H3,(H2,21,22,23). The predicted molar refractivity (Wildman–Crippen MR) is 104 cm³/mol. The Morgan fingerprint density at radius 2 is 2.00 bits per heavy atom. The van der Waals surface area contributed by atoms with Crippen molar-refractivity contribution in [2.75, 3.05) is 34.2 Å². The van der Waals surface area contributed by atoms with Gasteiger partial charge in [-0.05, 0) is 24.5 Å². The number of nitrogens with zero attached hydrogens (tertiary/aromatic N) is 2. The van der Waals surface area contributed by atoms with Gasteiger partial charge in [0.1, 0.15) is 11.9 Å². The van der Waals surface area contributed by atoms with Crippen LogP contribution in [0.5, 0.6) is 5.75 Å². The van der Waals surface area contributed by atoms with E-state index < -0.39 is 0 Å². The molecule has 142 valence electrons. The van der Waals surface area contributed by atoms with Crippen molar-refractivity contribution in [2.24, 2.45) is 10.4 Å². The average Bonchev–Trinajstić information content (AvgIpc) is 3.28. The molecule has 0 radical (unpaired) electrons. The van der Waals surface area contributed by atoms with Crippen LogP contribution in [0.3, 0.4) is 0 Å². The van der Waals surface area contributed by atoms with Gasteiger partial charge >= 0.3 is 0 Å². The molecule has 1 aromatic rings. The summed E-state index contributed by atoms with van der Waals surface area (Å²) >= 11 is 0. The highest BCUT2D eigenvalue weighted by Crippen LogP contribution is 2.38. The molecule has 26 heavy (non-hydrogen) atoms. The number of hydrogen-bond donors (Lipinski definition) is 2. The predicted octanol–water partition coefficient (Wildman–Crippen LogP) is 1.80. The number of amides is 1. The third kappa shape index (κ3) is 3.94. The van der Waals surface area contributed by atoms with Crippen molar-refractivity contribution in [2.45, 2.75) is 38.2 Å². The topological polar surface area (TPSA) is 66.0 Å². The maximum absolute atomic E-state index is 12.7. The zero-order valence-electron chi connectivity index (χ0n) is 16.0. The van der Waals surface area contributed by atoms with E-state index in [2.05, 4.69) is 21.7 Å². The Morgan fingerprint density at radius 1 is 1.27 bits per heavy atom. The van der Waals surface area contributed by atoms with Crippen LogP contribution in [0.15, 0.2) is 29.3 Å². The number of carbonyl (C=O) groups is 1. The van der Waals surface area contributed by atoms with Gasteiger partial charge in [0.2, 0.25) is 5.91 Å². The second-order valence-corrected chi connectivity index (χ2v) is 7.55. The van der Waals surface area contributed by atoms with Gasteiger partial charge < -0.3 is 20.3 Å². The summed E-state index contributed by atoms with van der Waals surface area (Å²) in [7, 11) is 5.43. The van der Waals surface area contributed by atoms with E-state index in [4.69, 9.17) is 4.74 Å². The van der Waals surface area contributed by atoms with E-state index in [0.717, 1.165) is 43.8 Å². The van der Waals surface area contributed by atoms with E-state index in [9.17, 15) is 4.79 Å². The molecule has 1 heterocycles. The summed E-state index contributed by atoms with van der Waals surface area (Å²) in [6.45, 7) is 1.30. The molecule has 0 spiro atoms. The molecule has 0 bridgehead atoms. The molecule has 0 aromatic heterocycles. The van der Waals surface area contributed by atoms with Crippen LogP contribution >= 0.6 is 0 Å². The molecule has 2 aliphatic rings. The Kier molecular flexibility index (Phi) is 5.69. The Hall–Kier alpha value is -2.24. The maximum atomic E-state index is 12.7. The van der Waals surface area contributed by atoms with Crippen LogP contribution in [0.1, 0.15) is 31.2 Å². The van der Waals surface area contributed by atoms with Gasteiger partial charge in [0.25, 0.3) is 0 Å². The molecule has 1 aromatic carbocycles. The quantitative estimate of drug-likeness (QED) is 0.622. The van der Waals surface area contributed by atoms with Crippen LogP contribution in [-0.2, 0) is 11.2 Å². The smallest absolute Gasteiger partial charge is 0.230 e. The molecule has 6 heteroatoms. The maximum Gasteiger partial charge on any atom is 0.230 e. The van der Waals surface area contributed by atoms with E-state index in [1.807, 2.05) is 32.3 Å². The van der Waals surface area contributed by atoms with Crippen LogP contribution in [0.2, 0.25) is 0 Å². The number of benzene rings is 1. The molecule has 0 saturated heterocycles. The summed E-state index contributed by atoms with van der Waals surface area (Å²) < 4.78 is 5.96. The summed E-state index contributed by atoms with van der Waals surface area (Å²) in [4.78, 5) is 18.7. The number of carbonyl (C=O) groups excluding carboxylic acids is 1. The van der Waals surface area contributed by atoms with Crippen molar-refractivity contribution in [3.8, 4) is 5.75 Å². The summed E-state index contributed by atoms with van der Waals surface area (Å²) in [6.07, 6.45) is 5.12. The molecule has 6 nitrogen and oxygen atoms in total. The molecule has 1 amide bonds. The number of ether oxygens (including phenoxy) is 1. The van der Waals surface area contributed by atoms with E-state index in [-0.39, 0.29) is 17.4 Å². The van der Waals surface area contributed by atoms with Gasteiger partial charge in [-0.25, -0.2) is 0 Å². The Morgan fingerprint density at radius 3 is 2.65 bits per heavy atom. The minimum atomic E-state index is -0.304. The third-order valence-corrected chi connectivity index (χ3v) is 5.45. The van der Waals surface area contributed by atoms with Gasteiger partial charge in [-0.3, -0.25) is 9.79 Å². The highest BCUT2D eigenvalue weighted by atomic mass is 16.5. The molecule has 1 atom stereocenters. The first-order chi connectivity index (χ1) is 12.5. The molecule has 1 aliphatic carbocycles. The largest absolute Gasteiger partial charge is 0.488 e. The number of guanidine groups is 1. The number of para-hydroxylation sites is 1. The lowest BCUT2D eigenvalue weighted by atomic mass is 9.84. The van der Waals surface area contributed by atoms with Gasteiger partial charge in [-0.15, -0.1) is 0 Å². The number of nitrogens with one attached hydrogen (secondary N) is 2. The van der Waals surface area contributed by atoms with E-state index in [0.29, 0.717) is 13.1 Å². The Bertz CT molecular complexity index is 641. The fourth-order valence-corrected chi connectivity index (χ4v) is 4.04. The van der Waals surface area contributed by atoms with E-state index in [1.54, 1.807) is 11.9 Å². The summed E-state index contributed by atoms with van der Waals surface area (Å²) in [5.74, 6) is 1.92. The SMILES string of the molecule is CN=C(NCC1Cc2ccccc2O1)NCC1(C(=O)N(C)C)CCCC1. The zero-order valence-corrected chi connectivity index (χ0v) is 16.0. The molecule has 1 unspecified atom stereocenters. The highest BCUT2D eigenvalue weighted by molar-refractivity contribution is 5.85. The molecule has 1 fully saturated rings. The van der Waals surface area contributed by atoms with Gasteiger partial charge in [-0.1, -0.05) is 31.0 Å². The number of hydrogen-bond acceptors (Lipinski definition) is 3. The Labute approximate surface area is 156 Å². The highest BCUT2D eigenvalue weighted by Gasteiger charge is 2.42. The first kappa shape index (κ1) is 18.5. The second-order valence-electron chi connectivity index (χ2n) is 7.55. The van der Waals surface area contributed by atoms with Crippen LogP contribution in [0.4, 0.5) is 0 Å².